The number of amides is 1. The van der Waals surface area contributed by atoms with Gasteiger partial charge in [-0.25, -0.2) is 8.78 Å². The minimum atomic E-state index is -0.594. The van der Waals surface area contributed by atoms with Crippen molar-refractivity contribution in [3.05, 3.63) is 65.2 Å². The summed E-state index contributed by atoms with van der Waals surface area (Å²) >= 11 is 0. The van der Waals surface area contributed by atoms with E-state index in [0.29, 0.717) is 18.7 Å². The van der Waals surface area contributed by atoms with Gasteiger partial charge in [0.25, 0.3) is 0 Å². The van der Waals surface area contributed by atoms with E-state index in [1.807, 2.05) is 24.0 Å². The molecule has 0 radical (unpaired) electrons. The molecular formula is C22H26F2N2O. The molecule has 144 valence electrons. The second-order valence-electron chi connectivity index (χ2n) is 8.17. The van der Waals surface area contributed by atoms with Crippen LogP contribution in [-0.2, 0) is 16.8 Å². The third-order valence-corrected chi connectivity index (χ3v) is 5.22. The molecule has 1 amide bonds. The Morgan fingerprint density at radius 3 is 2.30 bits per heavy atom. The minimum absolute atomic E-state index is 0.00715. The lowest BCUT2D eigenvalue weighted by molar-refractivity contribution is -0.125. The summed E-state index contributed by atoms with van der Waals surface area (Å²) in [6.45, 7) is 9.76. The summed E-state index contributed by atoms with van der Waals surface area (Å²) in [5.74, 6) is -1.17. The van der Waals surface area contributed by atoms with Crippen LogP contribution in [0.5, 0.6) is 0 Å². The van der Waals surface area contributed by atoms with Crippen LogP contribution in [0.2, 0.25) is 0 Å². The smallest absolute Gasteiger partial charge is 0.244 e. The lowest BCUT2D eigenvalue weighted by Gasteiger charge is -2.39. The van der Waals surface area contributed by atoms with E-state index in [1.165, 1.54) is 17.7 Å². The molecule has 1 atom stereocenters. The summed E-state index contributed by atoms with van der Waals surface area (Å²) < 4.78 is 27.0. The molecule has 3 rings (SSSR count). The molecule has 0 saturated carbocycles. The molecular weight excluding hydrogens is 346 g/mol. The molecule has 0 bridgehead atoms. The van der Waals surface area contributed by atoms with Gasteiger partial charge in [-0.2, -0.15) is 0 Å². The third kappa shape index (κ3) is 4.19. The van der Waals surface area contributed by atoms with Crippen LogP contribution in [0.25, 0.3) is 0 Å². The van der Waals surface area contributed by atoms with Crippen LogP contribution < -0.4 is 4.90 Å². The van der Waals surface area contributed by atoms with Gasteiger partial charge in [0.15, 0.2) is 0 Å². The lowest BCUT2D eigenvalue weighted by Crippen LogP contribution is -2.55. The molecule has 5 heteroatoms. The maximum atomic E-state index is 13.9. The quantitative estimate of drug-likeness (QED) is 0.792. The van der Waals surface area contributed by atoms with Crippen molar-refractivity contribution in [3.63, 3.8) is 0 Å². The van der Waals surface area contributed by atoms with Crippen molar-refractivity contribution in [3.8, 4) is 0 Å². The van der Waals surface area contributed by atoms with Gasteiger partial charge >= 0.3 is 0 Å². The van der Waals surface area contributed by atoms with Crippen molar-refractivity contribution < 1.29 is 13.6 Å². The zero-order valence-corrected chi connectivity index (χ0v) is 16.3. The average molecular weight is 372 g/mol. The average Bonchev–Trinajstić information content (AvgIpc) is 2.60. The predicted octanol–water partition coefficient (Wildman–Crippen LogP) is 4.50. The predicted molar refractivity (Wildman–Crippen MR) is 104 cm³/mol. The van der Waals surface area contributed by atoms with Crippen molar-refractivity contribution in [1.29, 1.82) is 0 Å². The van der Waals surface area contributed by atoms with Gasteiger partial charge in [-0.3, -0.25) is 9.69 Å². The molecule has 0 spiro atoms. The van der Waals surface area contributed by atoms with E-state index in [1.54, 1.807) is 4.90 Å². The largest absolute Gasteiger partial charge is 0.310 e. The zero-order chi connectivity index (χ0) is 19.8. The Kier molecular flexibility index (Phi) is 5.33. The summed E-state index contributed by atoms with van der Waals surface area (Å²) in [6, 6.07) is 11.3. The van der Waals surface area contributed by atoms with Crippen molar-refractivity contribution in [2.24, 2.45) is 0 Å². The molecule has 1 aliphatic heterocycles. The molecule has 0 aromatic heterocycles. The summed E-state index contributed by atoms with van der Waals surface area (Å²) in [7, 11) is 0. The Balaban J connectivity index is 1.72. The third-order valence-electron chi connectivity index (χ3n) is 5.22. The van der Waals surface area contributed by atoms with Gasteiger partial charge in [-0.1, -0.05) is 39.0 Å². The number of benzene rings is 2. The van der Waals surface area contributed by atoms with Gasteiger partial charge in [-0.05, 0) is 36.1 Å². The molecule has 1 fully saturated rings. The fourth-order valence-electron chi connectivity index (χ4n) is 3.40. The van der Waals surface area contributed by atoms with Gasteiger partial charge in [-0.15, -0.1) is 0 Å². The van der Waals surface area contributed by atoms with Crippen LogP contribution in [0.15, 0.2) is 42.5 Å². The van der Waals surface area contributed by atoms with E-state index >= 15 is 0 Å². The molecule has 1 aliphatic rings. The van der Waals surface area contributed by atoms with Crippen LogP contribution in [0.4, 0.5) is 14.5 Å². The number of halogens is 2. The van der Waals surface area contributed by atoms with Gasteiger partial charge in [0, 0.05) is 37.0 Å². The highest BCUT2D eigenvalue weighted by molar-refractivity contribution is 5.97. The molecule has 3 nitrogen and oxygen atoms in total. The number of nitrogens with zero attached hydrogens (tertiary/aromatic N) is 2. The summed E-state index contributed by atoms with van der Waals surface area (Å²) in [6.07, 6.45) is 0. The topological polar surface area (TPSA) is 23.6 Å². The number of piperazine rings is 1. The second-order valence-corrected chi connectivity index (χ2v) is 8.17. The summed E-state index contributed by atoms with van der Waals surface area (Å²) in [5.41, 5.74) is 2.57. The van der Waals surface area contributed by atoms with E-state index in [9.17, 15) is 13.6 Å². The molecule has 0 aliphatic carbocycles. The first-order chi connectivity index (χ1) is 12.7. The van der Waals surface area contributed by atoms with Crippen LogP contribution in [0.1, 0.15) is 38.8 Å². The molecule has 2 aromatic rings. The second kappa shape index (κ2) is 7.39. The first-order valence-electron chi connectivity index (χ1n) is 9.27. The Bertz CT molecular complexity index is 827. The van der Waals surface area contributed by atoms with E-state index in [0.717, 1.165) is 11.8 Å². The van der Waals surface area contributed by atoms with Crippen molar-refractivity contribution >= 4 is 11.6 Å². The van der Waals surface area contributed by atoms with Gasteiger partial charge < -0.3 is 4.90 Å². The first kappa shape index (κ1) is 19.5. The lowest BCUT2D eigenvalue weighted by atomic mass is 9.87. The number of carbonyl (C=O) groups is 1. The maximum absolute atomic E-state index is 13.9. The molecule has 0 unspecified atom stereocenters. The molecule has 1 saturated heterocycles. The number of hydrogen-bond acceptors (Lipinski definition) is 2. The highest BCUT2D eigenvalue weighted by Gasteiger charge is 2.32. The van der Waals surface area contributed by atoms with Crippen LogP contribution in [0, 0.1) is 11.6 Å². The number of anilines is 1. The van der Waals surface area contributed by atoms with E-state index in [4.69, 9.17) is 0 Å². The normalized spacial score (nSPS) is 18.8. The van der Waals surface area contributed by atoms with E-state index in [-0.39, 0.29) is 23.9 Å². The van der Waals surface area contributed by atoms with Crippen molar-refractivity contribution in [1.82, 2.24) is 4.90 Å². The fraction of sp³-hybridized carbons (Fsp3) is 0.409. The highest BCUT2D eigenvalue weighted by Crippen LogP contribution is 2.27. The molecule has 0 N–H and O–H groups in total. The number of rotatable bonds is 3. The van der Waals surface area contributed by atoms with E-state index < -0.39 is 11.6 Å². The van der Waals surface area contributed by atoms with Crippen molar-refractivity contribution in [2.45, 2.75) is 45.7 Å². The molecule has 27 heavy (non-hydrogen) atoms. The van der Waals surface area contributed by atoms with Crippen LogP contribution in [-0.4, -0.2) is 29.9 Å². The van der Waals surface area contributed by atoms with Crippen LogP contribution >= 0.6 is 0 Å². The zero-order valence-electron chi connectivity index (χ0n) is 16.3. The summed E-state index contributed by atoms with van der Waals surface area (Å²) in [5, 5.41) is 0. The Morgan fingerprint density at radius 2 is 1.70 bits per heavy atom. The highest BCUT2D eigenvalue weighted by atomic mass is 19.1. The Hall–Kier alpha value is -2.27. The maximum Gasteiger partial charge on any atom is 0.244 e. The Morgan fingerprint density at radius 1 is 1.04 bits per heavy atom. The molecule has 2 aromatic carbocycles. The Labute approximate surface area is 159 Å². The SMILES string of the molecule is C[C@H]1C(=O)N(c2ccc(C(C)(C)C)cc2)CCN1Cc1ccc(F)cc1F. The van der Waals surface area contributed by atoms with Crippen molar-refractivity contribution in [2.75, 3.05) is 18.0 Å². The number of carbonyl (C=O) groups excluding carboxylic acids is 1. The van der Waals surface area contributed by atoms with Gasteiger partial charge in [0.1, 0.15) is 11.6 Å². The number of hydrogen-bond donors (Lipinski definition) is 0. The monoisotopic (exact) mass is 372 g/mol. The van der Waals surface area contributed by atoms with Gasteiger partial charge in [0.2, 0.25) is 5.91 Å². The van der Waals surface area contributed by atoms with E-state index in [2.05, 4.69) is 32.9 Å². The summed E-state index contributed by atoms with van der Waals surface area (Å²) in [4.78, 5) is 16.6. The van der Waals surface area contributed by atoms with Gasteiger partial charge in [0.05, 0.1) is 6.04 Å². The standard InChI is InChI=1S/C22H26F2N2O/c1-15-21(27)26(19-9-6-17(7-10-19)22(2,3)4)12-11-25(15)14-16-5-8-18(23)13-20(16)24/h5-10,13,15H,11-12,14H2,1-4H3/t15-/m0/s1. The van der Waals surface area contributed by atoms with Crippen LogP contribution in [0.3, 0.4) is 0 Å². The minimum Gasteiger partial charge on any atom is -0.310 e. The molecule has 1 heterocycles. The first-order valence-corrected chi connectivity index (χ1v) is 9.27. The fourth-order valence-corrected chi connectivity index (χ4v) is 3.40.